The Kier molecular flexibility index (Phi) is 4.13. The summed E-state index contributed by atoms with van der Waals surface area (Å²) in [7, 11) is 1.64. The van der Waals surface area contributed by atoms with E-state index in [9.17, 15) is 0 Å². The average Bonchev–Trinajstić information content (AvgIpc) is 2.99. The normalized spacial score (nSPS) is 10.7. The Labute approximate surface area is 134 Å². The van der Waals surface area contributed by atoms with Crippen LogP contribution in [0, 0.1) is 0 Å². The smallest absolute Gasteiger partial charge is 0.144 e. The molecular formula is C17H16ClN3O. The summed E-state index contributed by atoms with van der Waals surface area (Å²) in [5, 5.41) is 5.25. The predicted octanol–water partition coefficient (Wildman–Crippen LogP) is 3.66. The van der Waals surface area contributed by atoms with E-state index < -0.39 is 0 Å². The second kappa shape index (κ2) is 6.22. The van der Waals surface area contributed by atoms with Gasteiger partial charge >= 0.3 is 0 Å². The van der Waals surface area contributed by atoms with Crippen LogP contribution < -0.4 is 10.5 Å². The van der Waals surface area contributed by atoms with E-state index in [1.54, 1.807) is 7.11 Å². The van der Waals surface area contributed by atoms with Crippen molar-refractivity contribution in [1.29, 1.82) is 0 Å². The van der Waals surface area contributed by atoms with Crippen molar-refractivity contribution in [1.82, 2.24) is 9.78 Å². The summed E-state index contributed by atoms with van der Waals surface area (Å²) < 4.78 is 7.26. The lowest BCUT2D eigenvalue weighted by Crippen LogP contribution is -2.03. The summed E-state index contributed by atoms with van der Waals surface area (Å²) in [6, 6.07) is 17.3. The molecule has 2 N–H and O–H groups in total. The molecule has 0 amide bonds. The average molecular weight is 314 g/mol. The Morgan fingerprint density at radius 2 is 1.86 bits per heavy atom. The summed E-state index contributed by atoms with van der Waals surface area (Å²) in [6.45, 7) is 0.361. The number of nitrogens with zero attached hydrogens (tertiary/aromatic N) is 2. The number of para-hydroxylation sites is 2. The quantitative estimate of drug-likeness (QED) is 0.799. The van der Waals surface area contributed by atoms with Gasteiger partial charge in [-0.2, -0.15) is 5.10 Å². The summed E-state index contributed by atoms with van der Waals surface area (Å²) in [4.78, 5) is 0. The molecule has 5 heteroatoms. The van der Waals surface area contributed by atoms with Gasteiger partial charge in [-0.3, -0.25) is 0 Å². The number of ether oxygens (including phenoxy) is 1. The summed E-state index contributed by atoms with van der Waals surface area (Å²) >= 11 is 6.34. The molecule has 0 atom stereocenters. The first-order valence-corrected chi connectivity index (χ1v) is 7.29. The largest absolute Gasteiger partial charge is 0.494 e. The Morgan fingerprint density at radius 1 is 1.14 bits per heavy atom. The topological polar surface area (TPSA) is 53.1 Å². The minimum atomic E-state index is 0.361. The molecule has 0 aliphatic heterocycles. The van der Waals surface area contributed by atoms with Gasteiger partial charge in [0.05, 0.1) is 18.5 Å². The molecule has 0 spiro atoms. The van der Waals surface area contributed by atoms with E-state index in [0.717, 1.165) is 28.4 Å². The lowest BCUT2D eigenvalue weighted by atomic mass is 10.1. The van der Waals surface area contributed by atoms with Gasteiger partial charge < -0.3 is 10.5 Å². The van der Waals surface area contributed by atoms with Gasteiger partial charge in [0.25, 0.3) is 0 Å². The molecule has 1 aromatic heterocycles. The van der Waals surface area contributed by atoms with Crippen LogP contribution in [0.4, 0.5) is 0 Å². The lowest BCUT2D eigenvalue weighted by Gasteiger charge is -2.12. The van der Waals surface area contributed by atoms with Crippen molar-refractivity contribution >= 4 is 11.6 Å². The van der Waals surface area contributed by atoms with Gasteiger partial charge in [0.1, 0.15) is 11.4 Å². The maximum atomic E-state index is 6.34. The molecule has 4 nitrogen and oxygen atoms in total. The Balaban J connectivity index is 2.24. The lowest BCUT2D eigenvalue weighted by molar-refractivity contribution is 0.412. The standard InChI is InChI=1S/C17H16ClN3O/c1-22-17-9-5-4-8-15(17)21-16(10-12(11-19)20-21)13-6-2-3-7-14(13)18/h2-10H,11,19H2,1H3. The molecule has 112 valence electrons. The zero-order valence-corrected chi connectivity index (χ0v) is 12.9. The number of halogens is 1. The fourth-order valence-electron chi connectivity index (χ4n) is 2.38. The number of benzene rings is 2. The molecule has 1 heterocycles. The highest BCUT2D eigenvalue weighted by atomic mass is 35.5. The maximum Gasteiger partial charge on any atom is 0.144 e. The van der Waals surface area contributed by atoms with Gasteiger partial charge in [0, 0.05) is 17.1 Å². The zero-order valence-electron chi connectivity index (χ0n) is 12.2. The first kappa shape index (κ1) is 14.6. The predicted molar refractivity (Wildman–Crippen MR) is 88.5 cm³/mol. The van der Waals surface area contributed by atoms with E-state index in [1.165, 1.54) is 0 Å². The van der Waals surface area contributed by atoms with E-state index >= 15 is 0 Å². The van der Waals surface area contributed by atoms with E-state index in [4.69, 9.17) is 22.1 Å². The molecule has 0 unspecified atom stereocenters. The van der Waals surface area contributed by atoms with Crippen molar-refractivity contribution in [2.24, 2.45) is 5.73 Å². The van der Waals surface area contributed by atoms with Crippen LogP contribution in [-0.2, 0) is 6.54 Å². The highest BCUT2D eigenvalue weighted by Crippen LogP contribution is 2.32. The van der Waals surface area contributed by atoms with Crippen molar-refractivity contribution in [2.75, 3.05) is 7.11 Å². The molecule has 22 heavy (non-hydrogen) atoms. The fraction of sp³-hybridized carbons (Fsp3) is 0.118. The van der Waals surface area contributed by atoms with Gasteiger partial charge in [-0.15, -0.1) is 0 Å². The van der Waals surface area contributed by atoms with Gasteiger partial charge in [-0.05, 0) is 24.3 Å². The number of aromatic nitrogens is 2. The monoisotopic (exact) mass is 313 g/mol. The summed E-state index contributed by atoms with van der Waals surface area (Å²) in [5.74, 6) is 0.738. The molecule has 0 aliphatic carbocycles. The molecule has 2 aromatic carbocycles. The number of hydrogen-bond acceptors (Lipinski definition) is 3. The Morgan fingerprint density at radius 3 is 2.59 bits per heavy atom. The molecular weight excluding hydrogens is 298 g/mol. The number of methoxy groups -OCH3 is 1. The fourth-order valence-corrected chi connectivity index (χ4v) is 2.61. The van der Waals surface area contributed by atoms with Crippen LogP contribution in [0.3, 0.4) is 0 Å². The Bertz CT molecular complexity index is 798. The van der Waals surface area contributed by atoms with Crippen LogP contribution in [0.25, 0.3) is 16.9 Å². The molecule has 3 rings (SSSR count). The minimum Gasteiger partial charge on any atom is -0.494 e. The van der Waals surface area contributed by atoms with Gasteiger partial charge in [-0.1, -0.05) is 41.9 Å². The van der Waals surface area contributed by atoms with Crippen LogP contribution in [0.1, 0.15) is 5.69 Å². The van der Waals surface area contributed by atoms with Crippen molar-refractivity contribution in [2.45, 2.75) is 6.54 Å². The highest BCUT2D eigenvalue weighted by Gasteiger charge is 2.15. The third kappa shape index (κ3) is 2.58. The second-order valence-electron chi connectivity index (χ2n) is 4.79. The molecule has 0 bridgehead atoms. The van der Waals surface area contributed by atoms with Crippen LogP contribution in [-0.4, -0.2) is 16.9 Å². The van der Waals surface area contributed by atoms with Gasteiger partial charge in [-0.25, -0.2) is 4.68 Å². The summed E-state index contributed by atoms with van der Waals surface area (Å²) in [6.07, 6.45) is 0. The van der Waals surface area contributed by atoms with Crippen LogP contribution in [0.15, 0.2) is 54.6 Å². The zero-order chi connectivity index (χ0) is 15.5. The third-order valence-electron chi connectivity index (χ3n) is 3.43. The first-order chi connectivity index (χ1) is 10.7. The molecule has 0 aliphatic rings. The second-order valence-corrected chi connectivity index (χ2v) is 5.20. The van der Waals surface area contributed by atoms with Crippen molar-refractivity contribution in [3.8, 4) is 22.7 Å². The number of rotatable bonds is 4. The van der Waals surface area contributed by atoms with Crippen LogP contribution in [0.2, 0.25) is 5.02 Å². The number of nitrogens with two attached hydrogens (primary N) is 1. The van der Waals surface area contributed by atoms with Crippen molar-refractivity contribution in [3.63, 3.8) is 0 Å². The van der Waals surface area contributed by atoms with Gasteiger partial charge in [0.15, 0.2) is 0 Å². The molecule has 3 aromatic rings. The van der Waals surface area contributed by atoms with E-state index in [2.05, 4.69) is 5.10 Å². The van der Waals surface area contributed by atoms with Gasteiger partial charge in [0.2, 0.25) is 0 Å². The molecule has 0 saturated heterocycles. The first-order valence-electron chi connectivity index (χ1n) is 6.92. The molecule has 0 saturated carbocycles. The van der Waals surface area contributed by atoms with E-state index in [0.29, 0.717) is 11.6 Å². The number of hydrogen-bond donors (Lipinski definition) is 1. The molecule has 0 fully saturated rings. The SMILES string of the molecule is COc1ccccc1-n1nc(CN)cc1-c1ccccc1Cl. The Hall–Kier alpha value is -2.30. The third-order valence-corrected chi connectivity index (χ3v) is 3.76. The summed E-state index contributed by atoms with van der Waals surface area (Å²) in [5.41, 5.74) is 9.19. The van der Waals surface area contributed by atoms with Crippen LogP contribution >= 0.6 is 11.6 Å². The van der Waals surface area contributed by atoms with Crippen LogP contribution in [0.5, 0.6) is 5.75 Å². The van der Waals surface area contributed by atoms with E-state index in [-0.39, 0.29) is 0 Å². The van der Waals surface area contributed by atoms with Crippen molar-refractivity contribution in [3.05, 3.63) is 65.3 Å². The van der Waals surface area contributed by atoms with Crippen molar-refractivity contribution < 1.29 is 4.74 Å². The van der Waals surface area contributed by atoms with E-state index in [1.807, 2.05) is 59.3 Å². The minimum absolute atomic E-state index is 0.361. The highest BCUT2D eigenvalue weighted by molar-refractivity contribution is 6.33. The molecule has 0 radical (unpaired) electrons. The maximum absolute atomic E-state index is 6.34.